The number of nitrogens with zero attached hydrogens (tertiary/aromatic N) is 1. The fourth-order valence-corrected chi connectivity index (χ4v) is 1.72. The van der Waals surface area contributed by atoms with Gasteiger partial charge in [-0.15, -0.1) is 0 Å². The van der Waals surface area contributed by atoms with Gasteiger partial charge in [0.25, 0.3) is 0 Å². The van der Waals surface area contributed by atoms with Crippen molar-refractivity contribution >= 4 is 0 Å². The highest BCUT2D eigenvalue weighted by molar-refractivity contribution is 5.60. The van der Waals surface area contributed by atoms with E-state index in [0.29, 0.717) is 5.89 Å². The number of aromatic nitrogens is 1. The molecule has 0 amide bonds. The third kappa shape index (κ3) is 2.38. The number of methoxy groups -OCH3 is 1. The predicted molar refractivity (Wildman–Crippen MR) is 70.7 cm³/mol. The first-order valence-corrected chi connectivity index (χ1v) is 5.93. The molecule has 18 heavy (non-hydrogen) atoms. The molecule has 0 bridgehead atoms. The lowest BCUT2D eigenvalue weighted by molar-refractivity contribution is 0.411. The lowest BCUT2D eigenvalue weighted by atomic mass is 10.1. The second-order valence-corrected chi connectivity index (χ2v) is 4.26. The molecule has 0 aliphatic carbocycles. The summed E-state index contributed by atoms with van der Waals surface area (Å²) in [6, 6.07) is 6.08. The third-order valence-corrected chi connectivity index (χ3v) is 3.02. The van der Waals surface area contributed by atoms with Crippen molar-refractivity contribution in [1.29, 1.82) is 0 Å². The zero-order valence-electron chi connectivity index (χ0n) is 11.2. The summed E-state index contributed by atoms with van der Waals surface area (Å²) < 4.78 is 11.0. The first kappa shape index (κ1) is 12.6. The molecule has 4 nitrogen and oxygen atoms in total. The number of benzene rings is 1. The Morgan fingerprint density at radius 1 is 1.39 bits per heavy atom. The third-order valence-electron chi connectivity index (χ3n) is 3.02. The van der Waals surface area contributed by atoms with E-state index in [1.807, 2.05) is 39.1 Å². The van der Waals surface area contributed by atoms with Crippen LogP contribution in [0.5, 0.6) is 5.75 Å². The Morgan fingerprint density at radius 3 is 2.83 bits per heavy atom. The Balaban J connectivity index is 2.34. The van der Waals surface area contributed by atoms with E-state index in [-0.39, 0.29) is 6.04 Å². The van der Waals surface area contributed by atoms with Crippen LogP contribution in [0, 0.1) is 6.92 Å². The number of nitrogens with one attached hydrogen (secondary N) is 1. The molecule has 96 valence electrons. The summed E-state index contributed by atoms with van der Waals surface area (Å²) >= 11 is 0. The highest BCUT2D eigenvalue weighted by Gasteiger charge is 2.12. The van der Waals surface area contributed by atoms with E-state index in [0.717, 1.165) is 22.6 Å². The molecule has 4 heteroatoms. The summed E-state index contributed by atoms with van der Waals surface area (Å²) in [5, 5.41) is 3.10. The molecule has 1 N–H and O–H groups in total. The minimum Gasteiger partial charge on any atom is -0.496 e. The first-order chi connectivity index (χ1) is 8.65. The van der Waals surface area contributed by atoms with Crippen LogP contribution >= 0.6 is 0 Å². The van der Waals surface area contributed by atoms with Crippen LogP contribution in [0.1, 0.15) is 24.4 Å². The van der Waals surface area contributed by atoms with Crippen LogP contribution in [0.2, 0.25) is 0 Å². The summed E-state index contributed by atoms with van der Waals surface area (Å²) in [6.45, 7) is 4.02. The van der Waals surface area contributed by atoms with Gasteiger partial charge in [-0.25, -0.2) is 4.98 Å². The van der Waals surface area contributed by atoms with Gasteiger partial charge in [0.2, 0.25) is 5.89 Å². The van der Waals surface area contributed by atoms with Crippen molar-refractivity contribution in [2.45, 2.75) is 19.9 Å². The van der Waals surface area contributed by atoms with Crippen molar-refractivity contribution in [2.24, 2.45) is 0 Å². The van der Waals surface area contributed by atoms with Crippen molar-refractivity contribution in [3.8, 4) is 17.1 Å². The van der Waals surface area contributed by atoms with Crippen molar-refractivity contribution in [3.05, 3.63) is 35.9 Å². The molecular formula is C14H18N2O2. The Morgan fingerprint density at radius 2 is 2.17 bits per heavy atom. The van der Waals surface area contributed by atoms with Gasteiger partial charge < -0.3 is 14.5 Å². The predicted octanol–water partition coefficient (Wildman–Crippen LogP) is 2.94. The van der Waals surface area contributed by atoms with Gasteiger partial charge in [-0.1, -0.05) is 12.1 Å². The van der Waals surface area contributed by atoms with Crippen molar-refractivity contribution in [2.75, 3.05) is 14.2 Å². The maximum atomic E-state index is 5.73. The van der Waals surface area contributed by atoms with Crippen LogP contribution < -0.4 is 10.1 Å². The number of hydrogen-bond donors (Lipinski definition) is 1. The topological polar surface area (TPSA) is 47.3 Å². The molecule has 2 rings (SSSR count). The highest BCUT2D eigenvalue weighted by Crippen LogP contribution is 2.28. The standard InChI is InChI=1S/C14H18N2O2/c1-9-5-6-11(7-12(9)17-4)13-8-16-14(18-13)10(2)15-3/h5-8,10,15H,1-4H3. The van der Waals surface area contributed by atoms with E-state index in [1.165, 1.54) is 0 Å². The molecule has 1 heterocycles. The zero-order chi connectivity index (χ0) is 13.1. The van der Waals surface area contributed by atoms with Gasteiger partial charge in [-0.05, 0) is 32.5 Å². The van der Waals surface area contributed by atoms with Crippen LogP contribution in [-0.2, 0) is 0 Å². The minimum absolute atomic E-state index is 0.103. The number of hydrogen-bond acceptors (Lipinski definition) is 4. The smallest absolute Gasteiger partial charge is 0.211 e. The molecule has 0 spiro atoms. The van der Waals surface area contributed by atoms with Crippen LogP contribution in [0.15, 0.2) is 28.8 Å². The summed E-state index contributed by atoms with van der Waals surface area (Å²) in [5.74, 6) is 2.30. The molecule has 0 aliphatic rings. The summed E-state index contributed by atoms with van der Waals surface area (Å²) in [5.41, 5.74) is 2.07. The SMILES string of the molecule is CNC(C)c1ncc(-c2ccc(C)c(OC)c2)o1. The summed E-state index contributed by atoms with van der Waals surface area (Å²) in [7, 11) is 3.55. The van der Waals surface area contributed by atoms with E-state index >= 15 is 0 Å². The molecule has 1 aromatic heterocycles. The highest BCUT2D eigenvalue weighted by atomic mass is 16.5. The van der Waals surface area contributed by atoms with Crippen molar-refractivity contribution in [3.63, 3.8) is 0 Å². The molecule has 0 aliphatic heterocycles. The molecule has 0 saturated carbocycles. The lowest BCUT2D eigenvalue weighted by Gasteiger charge is -2.06. The Bertz CT molecular complexity index is 534. The number of rotatable bonds is 4. The Labute approximate surface area is 107 Å². The van der Waals surface area contributed by atoms with Gasteiger partial charge in [-0.2, -0.15) is 0 Å². The van der Waals surface area contributed by atoms with Gasteiger partial charge in [-0.3, -0.25) is 0 Å². The van der Waals surface area contributed by atoms with Gasteiger partial charge in [0, 0.05) is 5.56 Å². The first-order valence-electron chi connectivity index (χ1n) is 5.93. The van der Waals surface area contributed by atoms with Crippen molar-refractivity contribution in [1.82, 2.24) is 10.3 Å². The molecule has 0 saturated heterocycles. The van der Waals surface area contributed by atoms with Crippen molar-refractivity contribution < 1.29 is 9.15 Å². The molecular weight excluding hydrogens is 228 g/mol. The number of aryl methyl sites for hydroxylation is 1. The maximum Gasteiger partial charge on any atom is 0.211 e. The van der Waals surface area contributed by atoms with E-state index in [4.69, 9.17) is 9.15 Å². The fraction of sp³-hybridized carbons (Fsp3) is 0.357. The van der Waals surface area contributed by atoms with E-state index < -0.39 is 0 Å². The number of ether oxygens (including phenoxy) is 1. The average molecular weight is 246 g/mol. The largest absolute Gasteiger partial charge is 0.496 e. The molecule has 1 aromatic carbocycles. The van der Waals surface area contributed by atoms with Crippen LogP contribution in [0.4, 0.5) is 0 Å². The van der Waals surface area contributed by atoms with E-state index in [9.17, 15) is 0 Å². The number of oxazole rings is 1. The van der Waals surface area contributed by atoms with Gasteiger partial charge in [0.15, 0.2) is 5.76 Å². The molecule has 0 fully saturated rings. The summed E-state index contributed by atoms with van der Waals surface area (Å²) in [6.07, 6.45) is 1.74. The maximum absolute atomic E-state index is 5.73. The second kappa shape index (κ2) is 5.23. The Kier molecular flexibility index (Phi) is 3.67. The average Bonchev–Trinajstić information content (AvgIpc) is 2.88. The zero-order valence-corrected chi connectivity index (χ0v) is 11.2. The molecule has 1 unspecified atom stereocenters. The van der Waals surface area contributed by atoms with Gasteiger partial charge in [0.1, 0.15) is 5.75 Å². The second-order valence-electron chi connectivity index (χ2n) is 4.26. The lowest BCUT2D eigenvalue weighted by Crippen LogP contribution is -2.12. The van der Waals surface area contributed by atoms with Gasteiger partial charge >= 0.3 is 0 Å². The van der Waals surface area contributed by atoms with Crippen LogP contribution in [0.25, 0.3) is 11.3 Å². The van der Waals surface area contributed by atoms with Crippen LogP contribution in [-0.4, -0.2) is 19.1 Å². The van der Waals surface area contributed by atoms with Crippen LogP contribution in [0.3, 0.4) is 0 Å². The molecule has 2 aromatic rings. The monoisotopic (exact) mass is 246 g/mol. The van der Waals surface area contributed by atoms with Gasteiger partial charge in [0.05, 0.1) is 19.3 Å². The molecule has 1 atom stereocenters. The van der Waals surface area contributed by atoms with E-state index in [1.54, 1.807) is 13.3 Å². The summed E-state index contributed by atoms with van der Waals surface area (Å²) in [4.78, 5) is 4.27. The quantitative estimate of drug-likeness (QED) is 0.901. The normalized spacial score (nSPS) is 12.4. The molecule has 0 radical (unpaired) electrons. The van der Waals surface area contributed by atoms with E-state index in [2.05, 4.69) is 10.3 Å². The Hall–Kier alpha value is -1.81. The minimum atomic E-state index is 0.103. The fourth-order valence-electron chi connectivity index (χ4n) is 1.72.